The number of rotatable bonds is 4. The molecule has 1 aromatic carbocycles. The molecule has 0 bridgehead atoms. The van der Waals surface area contributed by atoms with E-state index in [0.29, 0.717) is 0 Å². The van der Waals surface area contributed by atoms with E-state index >= 15 is 0 Å². The fourth-order valence-electron chi connectivity index (χ4n) is 1.11. The Morgan fingerprint density at radius 3 is 2.65 bits per heavy atom. The third-order valence-corrected chi connectivity index (χ3v) is 3.59. The number of halogens is 1. The number of nitrogens with one attached hydrogen (secondary N) is 1. The van der Waals surface area contributed by atoms with Crippen LogP contribution in [0.1, 0.15) is 6.92 Å². The largest absolute Gasteiger partial charge is 0.409 e. The Kier molecular flexibility index (Phi) is 4.02. The summed E-state index contributed by atoms with van der Waals surface area (Å²) in [6, 6.07) is 3.98. The average molecular weight is 261 g/mol. The van der Waals surface area contributed by atoms with Gasteiger partial charge < -0.3 is 10.9 Å². The van der Waals surface area contributed by atoms with E-state index in [0.717, 1.165) is 12.1 Å². The molecule has 0 heterocycles. The van der Waals surface area contributed by atoms with Gasteiger partial charge in [0.1, 0.15) is 10.7 Å². The van der Waals surface area contributed by atoms with Crippen LogP contribution in [0.4, 0.5) is 4.39 Å². The molecule has 0 aliphatic heterocycles. The van der Waals surface area contributed by atoms with Crippen LogP contribution in [0, 0.1) is 5.82 Å². The van der Waals surface area contributed by atoms with Gasteiger partial charge in [0.15, 0.2) is 5.84 Å². The van der Waals surface area contributed by atoms with Gasteiger partial charge in [-0.1, -0.05) is 17.3 Å². The summed E-state index contributed by atoms with van der Waals surface area (Å²) in [7, 11) is -4.04. The van der Waals surface area contributed by atoms with Crippen molar-refractivity contribution in [2.45, 2.75) is 17.9 Å². The van der Waals surface area contributed by atoms with Gasteiger partial charge in [-0.2, -0.15) is 0 Å². The average Bonchev–Trinajstić information content (AvgIpc) is 2.27. The highest BCUT2D eigenvalue weighted by atomic mass is 32.2. The number of hydrogen-bond donors (Lipinski definition) is 3. The Hall–Kier alpha value is -1.67. The summed E-state index contributed by atoms with van der Waals surface area (Å²) in [4.78, 5) is -0.488. The summed E-state index contributed by atoms with van der Waals surface area (Å²) >= 11 is 0. The van der Waals surface area contributed by atoms with Gasteiger partial charge in [-0.3, -0.25) is 0 Å². The SMILES string of the molecule is CC(NS(=O)(=O)c1ccccc1F)/C(N)=N/O. The highest BCUT2D eigenvalue weighted by Crippen LogP contribution is 2.13. The van der Waals surface area contributed by atoms with E-state index in [-0.39, 0.29) is 5.84 Å². The van der Waals surface area contributed by atoms with Crippen LogP contribution in [0.5, 0.6) is 0 Å². The molecule has 0 aliphatic carbocycles. The molecular formula is C9H12FN3O3S. The lowest BCUT2D eigenvalue weighted by atomic mass is 10.3. The summed E-state index contributed by atoms with van der Waals surface area (Å²) in [6.07, 6.45) is 0. The summed E-state index contributed by atoms with van der Waals surface area (Å²) in [5.41, 5.74) is 5.22. The number of nitrogens with zero attached hydrogens (tertiary/aromatic N) is 1. The Morgan fingerprint density at radius 2 is 2.12 bits per heavy atom. The summed E-state index contributed by atoms with van der Waals surface area (Å²) < 4.78 is 38.9. The first kappa shape index (κ1) is 13.4. The van der Waals surface area contributed by atoms with E-state index in [1.54, 1.807) is 0 Å². The number of hydrogen-bond acceptors (Lipinski definition) is 4. The quantitative estimate of drug-likeness (QED) is 0.312. The molecule has 0 fully saturated rings. The van der Waals surface area contributed by atoms with E-state index < -0.39 is 26.8 Å². The third-order valence-electron chi connectivity index (χ3n) is 2.02. The minimum absolute atomic E-state index is 0.315. The second-order valence-electron chi connectivity index (χ2n) is 3.30. The van der Waals surface area contributed by atoms with Crippen molar-refractivity contribution in [3.63, 3.8) is 0 Å². The van der Waals surface area contributed by atoms with Crippen LogP contribution in [0.3, 0.4) is 0 Å². The number of sulfonamides is 1. The third kappa shape index (κ3) is 3.14. The van der Waals surface area contributed by atoms with Crippen molar-refractivity contribution in [3.8, 4) is 0 Å². The van der Waals surface area contributed by atoms with Gasteiger partial charge in [-0.05, 0) is 19.1 Å². The molecule has 0 saturated heterocycles. The maximum Gasteiger partial charge on any atom is 0.244 e. The minimum Gasteiger partial charge on any atom is -0.409 e. The number of benzene rings is 1. The summed E-state index contributed by atoms with van der Waals surface area (Å²) in [5.74, 6) is -1.18. The van der Waals surface area contributed by atoms with Crippen molar-refractivity contribution < 1.29 is 18.0 Å². The Balaban J connectivity index is 3.02. The van der Waals surface area contributed by atoms with Gasteiger partial charge in [0.05, 0.1) is 6.04 Å². The zero-order chi connectivity index (χ0) is 13.1. The lowest BCUT2D eigenvalue weighted by Crippen LogP contribution is -2.42. The Bertz CT molecular complexity index is 530. The van der Waals surface area contributed by atoms with E-state index in [2.05, 4.69) is 9.88 Å². The van der Waals surface area contributed by atoms with E-state index in [1.807, 2.05) is 0 Å². The number of amidine groups is 1. The normalized spacial score (nSPS) is 14.6. The molecule has 0 aromatic heterocycles. The van der Waals surface area contributed by atoms with Crippen molar-refractivity contribution in [2.75, 3.05) is 0 Å². The van der Waals surface area contributed by atoms with E-state index in [4.69, 9.17) is 10.9 Å². The van der Waals surface area contributed by atoms with Crippen molar-refractivity contribution in [2.24, 2.45) is 10.9 Å². The van der Waals surface area contributed by atoms with E-state index in [9.17, 15) is 12.8 Å². The fraction of sp³-hybridized carbons (Fsp3) is 0.222. The predicted octanol–water partition coefficient (Wildman–Crippen LogP) is 0.239. The van der Waals surface area contributed by atoms with Crippen LogP contribution in [0.15, 0.2) is 34.3 Å². The highest BCUT2D eigenvalue weighted by Gasteiger charge is 2.22. The monoisotopic (exact) mass is 261 g/mol. The van der Waals surface area contributed by atoms with E-state index in [1.165, 1.54) is 19.1 Å². The molecule has 0 amide bonds. The Morgan fingerprint density at radius 1 is 1.53 bits per heavy atom. The smallest absolute Gasteiger partial charge is 0.244 e. The molecular weight excluding hydrogens is 249 g/mol. The van der Waals surface area contributed by atoms with Crippen LogP contribution in [0.25, 0.3) is 0 Å². The molecule has 17 heavy (non-hydrogen) atoms. The standard InChI is InChI=1S/C9H12FN3O3S/c1-6(9(11)12-14)13-17(15,16)8-5-3-2-4-7(8)10/h2-6,13-14H,1H3,(H2,11,12). The molecule has 8 heteroatoms. The summed E-state index contributed by atoms with van der Waals surface area (Å²) in [6.45, 7) is 1.37. The van der Waals surface area contributed by atoms with Crippen molar-refractivity contribution >= 4 is 15.9 Å². The van der Waals surface area contributed by atoms with Crippen LogP contribution in [0.2, 0.25) is 0 Å². The van der Waals surface area contributed by atoms with Gasteiger partial charge in [0.2, 0.25) is 10.0 Å². The number of nitrogens with two attached hydrogens (primary N) is 1. The van der Waals surface area contributed by atoms with Crippen LogP contribution in [-0.2, 0) is 10.0 Å². The van der Waals surface area contributed by atoms with Gasteiger partial charge >= 0.3 is 0 Å². The van der Waals surface area contributed by atoms with Gasteiger partial charge in [0.25, 0.3) is 0 Å². The second-order valence-corrected chi connectivity index (χ2v) is 4.98. The van der Waals surface area contributed by atoms with Gasteiger partial charge in [-0.15, -0.1) is 0 Å². The first-order valence-corrected chi connectivity index (χ1v) is 6.11. The predicted molar refractivity (Wildman–Crippen MR) is 59.6 cm³/mol. The van der Waals surface area contributed by atoms with Gasteiger partial charge in [0, 0.05) is 0 Å². The fourth-order valence-corrected chi connectivity index (χ4v) is 2.40. The molecule has 0 saturated carbocycles. The minimum atomic E-state index is -4.04. The van der Waals surface area contributed by atoms with Crippen LogP contribution >= 0.6 is 0 Å². The molecule has 1 unspecified atom stereocenters. The second kappa shape index (κ2) is 5.11. The molecule has 1 aromatic rings. The molecule has 0 spiro atoms. The maximum atomic E-state index is 13.3. The highest BCUT2D eigenvalue weighted by molar-refractivity contribution is 7.89. The molecule has 1 rings (SSSR count). The van der Waals surface area contributed by atoms with Crippen molar-refractivity contribution in [1.29, 1.82) is 0 Å². The topological polar surface area (TPSA) is 105 Å². The molecule has 94 valence electrons. The molecule has 0 aliphatic rings. The molecule has 4 N–H and O–H groups in total. The van der Waals surface area contributed by atoms with Crippen molar-refractivity contribution in [3.05, 3.63) is 30.1 Å². The van der Waals surface area contributed by atoms with Gasteiger partial charge in [-0.25, -0.2) is 17.5 Å². The number of oxime groups is 1. The molecule has 1 atom stereocenters. The van der Waals surface area contributed by atoms with Crippen LogP contribution < -0.4 is 10.5 Å². The lowest BCUT2D eigenvalue weighted by Gasteiger charge is -2.12. The zero-order valence-electron chi connectivity index (χ0n) is 8.96. The Labute approximate surface area is 98.0 Å². The first-order chi connectivity index (χ1) is 7.88. The lowest BCUT2D eigenvalue weighted by molar-refractivity contribution is 0.316. The maximum absolute atomic E-state index is 13.3. The summed E-state index contributed by atoms with van der Waals surface area (Å²) in [5, 5.41) is 11.0. The van der Waals surface area contributed by atoms with Crippen molar-refractivity contribution in [1.82, 2.24) is 4.72 Å². The molecule has 6 nitrogen and oxygen atoms in total. The zero-order valence-corrected chi connectivity index (χ0v) is 9.78. The first-order valence-electron chi connectivity index (χ1n) is 4.62. The van der Waals surface area contributed by atoms with Crippen LogP contribution in [-0.4, -0.2) is 25.5 Å². The molecule has 0 radical (unpaired) electrons.